The molecule has 1 aliphatic carbocycles. The summed E-state index contributed by atoms with van der Waals surface area (Å²) in [6, 6.07) is 5.98. The van der Waals surface area contributed by atoms with Crippen molar-refractivity contribution >= 4 is 17.3 Å². The number of hydrogen-bond acceptors (Lipinski definition) is 2. The molecule has 6 heteroatoms. The van der Waals surface area contributed by atoms with Crippen molar-refractivity contribution in [2.45, 2.75) is 51.7 Å². The number of anilines is 2. The molecule has 2 aromatic carbocycles. The van der Waals surface area contributed by atoms with Crippen LogP contribution in [0.4, 0.5) is 24.5 Å². The summed E-state index contributed by atoms with van der Waals surface area (Å²) in [6.45, 7) is 5.13. The number of nitrogens with zero attached hydrogens (tertiary/aromatic N) is 1. The molecular formula is C22H23F3N2O. The highest BCUT2D eigenvalue weighted by atomic mass is 19.2. The zero-order valence-electron chi connectivity index (χ0n) is 16.0. The van der Waals surface area contributed by atoms with Gasteiger partial charge in [0.05, 0.1) is 6.42 Å². The van der Waals surface area contributed by atoms with Crippen LogP contribution < -0.4 is 10.2 Å². The minimum Gasteiger partial charge on any atom is -0.367 e. The number of halogens is 3. The highest BCUT2D eigenvalue weighted by molar-refractivity contribution is 5.93. The van der Waals surface area contributed by atoms with E-state index >= 15 is 0 Å². The lowest BCUT2D eigenvalue weighted by molar-refractivity contribution is -0.117. The maximum absolute atomic E-state index is 13.9. The second-order valence-electron chi connectivity index (χ2n) is 7.98. The monoisotopic (exact) mass is 388 g/mol. The second-order valence-corrected chi connectivity index (χ2v) is 7.98. The smallest absolute Gasteiger partial charge is 0.227 e. The van der Waals surface area contributed by atoms with Gasteiger partial charge in [-0.25, -0.2) is 13.2 Å². The molecular weight excluding hydrogens is 365 g/mol. The molecule has 2 aliphatic rings. The summed E-state index contributed by atoms with van der Waals surface area (Å²) in [5.41, 5.74) is 4.18. The van der Waals surface area contributed by atoms with Crippen molar-refractivity contribution in [1.82, 2.24) is 0 Å². The highest BCUT2D eigenvalue weighted by Crippen LogP contribution is 2.43. The number of carbonyl (C=O) groups is 1. The van der Waals surface area contributed by atoms with Gasteiger partial charge < -0.3 is 10.2 Å². The largest absolute Gasteiger partial charge is 0.367 e. The minimum absolute atomic E-state index is 0.107. The van der Waals surface area contributed by atoms with E-state index in [2.05, 4.69) is 11.4 Å². The summed E-state index contributed by atoms with van der Waals surface area (Å²) in [7, 11) is 0. The SMILES string of the molecule is Cc1cc2c(c(C)c1NC(=O)CC1(F)CC1)CN(c1ccc(F)c(F)c1)CC2. The molecule has 1 aliphatic heterocycles. The first-order valence-corrected chi connectivity index (χ1v) is 9.56. The standard InChI is InChI=1S/C22H23F3N2O/c1-13-9-15-5-8-27(16-3-4-18(23)19(24)10-16)12-17(15)14(2)21(13)26-20(28)11-22(25)6-7-22/h3-4,9-10H,5-8,11-12H2,1-2H3,(H,26,28). The van der Waals surface area contributed by atoms with Gasteiger partial charge >= 0.3 is 0 Å². The van der Waals surface area contributed by atoms with E-state index in [-0.39, 0.29) is 12.3 Å². The van der Waals surface area contributed by atoms with Gasteiger partial charge in [0, 0.05) is 30.5 Å². The van der Waals surface area contributed by atoms with Gasteiger partial charge in [-0.15, -0.1) is 0 Å². The summed E-state index contributed by atoms with van der Waals surface area (Å²) in [4.78, 5) is 14.3. The first-order chi connectivity index (χ1) is 13.3. The van der Waals surface area contributed by atoms with E-state index in [0.29, 0.717) is 31.6 Å². The van der Waals surface area contributed by atoms with Crippen molar-refractivity contribution in [2.75, 3.05) is 16.8 Å². The van der Waals surface area contributed by atoms with Gasteiger partial charge in [-0.1, -0.05) is 6.07 Å². The Morgan fingerprint density at radius 2 is 1.93 bits per heavy atom. The van der Waals surface area contributed by atoms with Crippen LogP contribution in [0.5, 0.6) is 0 Å². The maximum Gasteiger partial charge on any atom is 0.227 e. The number of hydrogen-bond donors (Lipinski definition) is 1. The molecule has 148 valence electrons. The van der Waals surface area contributed by atoms with Crippen molar-refractivity contribution in [2.24, 2.45) is 0 Å². The Morgan fingerprint density at radius 1 is 1.18 bits per heavy atom. The lowest BCUT2D eigenvalue weighted by Gasteiger charge is -2.33. The molecule has 2 aromatic rings. The third-order valence-corrected chi connectivity index (χ3v) is 5.80. The zero-order valence-corrected chi connectivity index (χ0v) is 16.0. The van der Waals surface area contributed by atoms with E-state index < -0.39 is 17.3 Å². The summed E-state index contributed by atoms with van der Waals surface area (Å²) in [6.07, 6.45) is 1.57. The minimum atomic E-state index is -1.33. The van der Waals surface area contributed by atoms with Crippen LogP contribution in [0, 0.1) is 25.5 Å². The molecule has 0 aromatic heterocycles. The quantitative estimate of drug-likeness (QED) is 0.802. The third kappa shape index (κ3) is 3.60. The zero-order chi connectivity index (χ0) is 20.1. The molecule has 1 fully saturated rings. The Bertz CT molecular complexity index is 953. The number of nitrogens with one attached hydrogen (secondary N) is 1. The van der Waals surface area contributed by atoms with E-state index in [4.69, 9.17) is 0 Å². The van der Waals surface area contributed by atoms with Crippen LogP contribution in [0.3, 0.4) is 0 Å². The molecule has 0 saturated heterocycles. The van der Waals surface area contributed by atoms with Crippen LogP contribution in [0.15, 0.2) is 24.3 Å². The van der Waals surface area contributed by atoms with Crippen LogP contribution >= 0.6 is 0 Å². The number of aryl methyl sites for hydroxylation is 1. The van der Waals surface area contributed by atoms with Crippen molar-refractivity contribution in [3.05, 3.63) is 58.2 Å². The fourth-order valence-corrected chi connectivity index (χ4v) is 3.95. The average molecular weight is 388 g/mol. The number of benzene rings is 2. The van der Waals surface area contributed by atoms with Gasteiger partial charge in [0.15, 0.2) is 11.6 Å². The Balaban J connectivity index is 1.59. The predicted octanol–water partition coefficient (Wildman–Crippen LogP) is 4.98. The van der Waals surface area contributed by atoms with Crippen LogP contribution in [0.25, 0.3) is 0 Å². The first-order valence-electron chi connectivity index (χ1n) is 9.56. The summed E-state index contributed by atoms with van der Waals surface area (Å²) < 4.78 is 40.8. The van der Waals surface area contributed by atoms with E-state index in [9.17, 15) is 18.0 Å². The van der Waals surface area contributed by atoms with Gasteiger partial charge in [0.2, 0.25) is 5.91 Å². The molecule has 0 spiro atoms. The normalized spacial score (nSPS) is 17.2. The van der Waals surface area contributed by atoms with E-state index in [0.717, 1.165) is 34.9 Å². The van der Waals surface area contributed by atoms with Crippen molar-refractivity contribution in [1.29, 1.82) is 0 Å². The fourth-order valence-electron chi connectivity index (χ4n) is 3.95. The lowest BCUT2D eigenvalue weighted by Crippen LogP contribution is -2.31. The molecule has 1 N–H and O–H groups in total. The second kappa shape index (κ2) is 6.83. The molecule has 1 saturated carbocycles. The summed E-state index contributed by atoms with van der Waals surface area (Å²) in [5.74, 6) is -2.03. The topological polar surface area (TPSA) is 32.3 Å². The number of rotatable bonds is 4. The Labute approximate surface area is 162 Å². The molecule has 1 heterocycles. The fraction of sp³-hybridized carbons (Fsp3) is 0.409. The van der Waals surface area contributed by atoms with Gasteiger partial charge in [0.25, 0.3) is 0 Å². The van der Waals surface area contributed by atoms with Gasteiger partial charge in [-0.3, -0.25) is 4.79 Å². The first kappa shape index (κ1) is 18.8. The van der Waals surface area contributed by atoms with Crippen molar-refractivity contribution in [3.8, 4) is 0 Å². The Kier molecular flexibility index (Phi) is 4.60. The molecule has 0 bridgehead atoms. The van der Waals surface area contributed by atoms with Gasteiger partial charge in [-0.05, 0) is 67.5 Å². The number of carbonyl (C=O) groups excluding carboxylic acids is 1. The molecule has 0 atom stereocenters. The molecule has 28 heavy (non-hydrogen) atoms. The summed E-state index contributed by atoms with van der Waals surface area (Å²) >= 11 is 0. The van der Waals surface area contributed by atoms with Crippen LogP contribution in [-0.4, -0.2) is 18.1 Å². The van der Waals surface area contributed by atoms with Gasteiger partial charge in [-0.2, -0.15) is 0 Å². The third-order valence-electron chi connectivity index (χ3n) is 5.80. The summed E-state index contributed by atoms with van der Waals surface area (Å²) in [5, 5.41) is 2.89. The molecule has 3 nitrogen and oxygen atoms in total. The highest BCUT2D eigenvalue weighted by Gasteiger charge is 2.45. The molecule has 4 rings (SSSR count). The Morgan fingerprint density at radius 3 is 2.61 bits per heavy atom. The van der Waals surface area contributed by atoms with Crippen LogP contribution in [-0.2, 0) is 17.8 Å². The van der Waals surface area contributed by atoms with Crippen molar-refractivity contribution in [3.63, 3.8) is 0 Å². The predicted molar refractivity (Wildman–Crippen MR) is 103 cm³/mol. The average Bonchev–Trinajstić information content (AvgIpc) is 3.37. The number of fused-ring (bicyclic) bond motifs is 1. The van der Waals surface area contributed by atoms with E-state index in [1.165, 1.54) is 11.6 Å². The molecule has 1 amide bonds. The molecule has 0 unspecified atom stereocenters. The number of alkyl halides is 1. The van der Waals surface area contributed by atoms with Crippen LogP contribution in [0.1, 0.15) is 41.5 Å². The van der Waals surface area contributed by atoms with E-state index in [1.54, 1.807) is 6.07 Å². The number of amides is 1. The molecule has 0 radical (unpaired) electrons. The van der Waals surface area contributed by atoms with E-state index in [1.807, 2.05) is 18.7 Å². The Hall–Kier alpha value is -2.50. The van der Waals surface area contributed by atoms with Crippen molar-refractivity contribution < 1.29 is 18.0 Å². The van der Waals surface area contributed by atoms with Crippen LogP contribution in [0.2, 0.25) is 0 Å². The maximum atomic E-state index is 13.9. The lowest BCUT2D eigenvalue weighted by atomic mass is 9.91. The van der Waals surface area contributed by atoms with Gasteiger partial charge in [0.1, 0.15) is 5.67 Å².